The van der Waals surface area contributed by atoms with Crippen LogP contribution in [0.15, 0.2) is 65.6 Å². The summed E-state index contributed by atoms with van der Waals surface area (Å²) in [6.07, 6.45) is 0. The normalized spacial score (nSPS) is 13.8. The average molecular weight is 451 g/mol. The van der Waals surface area contributed by atoms with Gasteiger partial charge >= 0.3 is 0 Å². The van der Waals surface area contributed by atoms with Crippen molar-refractivity contribution in [3.8, 4) is 16.9 Å². The molecule has 0 aromatic heterocycles. The number of carbonyl (C=O) groups excluding carboxylic acids is 1. The molecule has 7 heteroatoms. The zero-order chi connectivity index (χ0) is 22.9. The summed E-state index contributed by atoms with van der Waals surface area (Å²) in [7, 11) is -3.86. The molecule has 0 bridgehead atoms. The molecule has 0 aliphatic carbocycles. The summed E-state index contributed by atoms with van der Waals surface area (Å²) in [5, 5.41) is 2.77. The van der Waals surface area contributed by atoms with Crippen molar-refractivity contribution in [1.82, 2.24) is 5.32 Å². The number of para-hydroxylation sites is 1. The minimum atomic E-state index is -3.86. The second-order valence-corrected chi connectivity index (χ2v) is 9.78. The quantitative estimate of drug-likeness (QED) is 0.577. The summed E-state index contributed by atoms with van der Waals surface area (Å²) in [6.45, 7) is 6.10. The van der Waals surface area contributed by atoms with E-state index in [9.17, 15) is 13.2 Å². The Labute approximate surface area is 188 Å². The first-order chi connectivity index (χ1) is 15.3. The number of hydrogen-bond donors (Lipinski definition) is 1. The van der Waals surface area contributed by atoms with Crippen molar-refractivity contribution in [2.24, 2.45) is 0 Å². The van der Waals surface area contributed by atoms with Gasteiger partial charge in [-0.2, -0.15) is 0 Å². The van der Waals surface area contributed by atoms with Crippen molar-refractivity contribution >= 4 is 21.6 Å². The molecule has 0 fully saturated rings. The number of nitrogens with one attached hydrogen (secondary N) is 1. The number of fused-ring (bicyclic) bond motifs is 3. The van der Waals surface area contributed by atoms with Crippen LogP contribution in [-0.2, 0) is 14.8 Å². The van der Waals surface area contributed by atoms with E-state index >= 15 is 0 Å². The minimum Gasteiger partial charge on any atom is -0.491 e. The molecular formula is C25H26N2O4S. The number of aryl methyl sites for hydroxylation is 3. The SMILES string of the molecule is Cc1cc(C)c2c(c1)N(CC(=O)NCCOc1ccccc1C)S(=O)(=O)c1ccccc1-2. The van der Waals surface area contributed by atoms with Crippen molar-refractivity contribution < 1.29 is 17.9 Å². The highest BCUT2D eigenvalue weighted by atomic mass is 32.2. The smallest absolute Gasteiger partial charge is 0.265 e. The van der Waals surface area contributed by atoms with Gasteiger partial charge in [0.05, 0.1) is 17.1 Å². The Hall–Kier alpha value is -3.32. The number of carbonyl (C=O) groups is 1. The summed E-state index contributed by atoms with van der Waals surface area (Å²) >= 11 is 0. The van der Waals surface area contributed by atoms with Gasteiger partial charge in [-0.15, -0.1) is 0 Å². The van der Waals surface area contributed by atoms with Crippen LogP contribution in [-0.4, -0.2) is 34.0 Å². The third-order valence-corrected chi connectivity index (χ3v) is 7.33. The summed E-state index contributed by atoms with van der Waals surface area (Å²) < 4.78 is 33.7. The molecule has 3 aromatic carbocycles. The molecule has 32 heavy (non-hydrogen) atoms. The van der Waals surface area contributed by atoms with Crippen LogP contribution in [0.2, 0.25) is 0 Å². The maximum Gasteiger partial charge on any atom is 0.265 e. The number of nitrogens with zero attached hydrogens (tertiary/aromatic N) is 1. The third kappa shape index (κ3) is 4.08. The Bertz CT molecular complexity index is 1280. The number of sulfonamides is 1. The Morgan fingerprint density at radius 3 is 2.47 bits per heavy atom. The van der Waals surface area contributed by atoms with Gasteiger partial charge in [-0.1, -0.05) is 42.5 Å². The first-order valence-corrected chi connectivity index (χ1v) is 11.9. The van der Waals surface area contributed by atoms with Crippen LogP contribution in [0, 0.1) is 20.8 Å². The highest BCUT2D eigenvalue weighted by Crippen LogP contribution is 2.45. The van der Waals surface area contributed by atoms with Crippen LogP contribution in [0.25, 0.3) is 11.1 Å². The third-order valence-electron chi connectivity index (χ3n) is 5.51. The van der Waals surface area contributed by atoms with Crippen LogP contribution < -0.4 is 14.4 Å². The highest BCUT2D eigenvalue weighted by molar-refractivity contribution is 7.93. The van der Waals surface area contributed by atoms with Gasteiger partial charge < -0.3 is 10.1 Å². The average Bonchev–Trinajstić information content (AvgIpc) is 2.75. The summed E-state index contributed by atoms with van der Waals surface area (Å²) in [5.74, 6) is 0.378. The second-order valence-electron chi connectivity index (χ2n) is 7.95. The monoisotopic (exact) mass is 450 g/mol. The van der Waals surface area contributed by atoms with Crippen molar-refractivity contribution in [2.75, 3.05) is 24.0 Å². The van der Waals surface area contributed by atoms with Crippen LogP contribution >= 0.6 is 0 Å². The molecule has 3 aromatic rings. The Morgan fingerprint density at radius 1 is 0.969 bits per heavy atom. The van der Waals surface area contributed by atoms with Gasteiger partial charge in [0.2, 0.25) is 5.91 Å². The molecular weight excluding hydrogens is 424 g/mol. The van der Waals surface area contributed by atoms with E-state index < -0.39 is 10.0 Å². The fourth-order valence-electron chi connectivity index (χ4n) is 4.06. The summed E-state index contributed by atoms with van der Waals surface area (Å²) in [6, 6.07) is 18.4. The molecule has 0 saturated heterocycles. The van der Waals surface area contributed by atoms with E-state index in [0.717, 1.165) is 28.0 Å². The van der Waals surface area contributed by atoms with E-state index in [2.05, 4.69) is 5.32 Å². The van der Waals surface area contributed by atoms with Crippen molar-refractivity contribution in [3.63, 3.8) is 0 Å². The van der Waals surface area contributed by atoms with E-state index in [-0.39, 0.29) is 23.9 Å². The highest BCUT2D eigenvalue weighted by Gasteiger charge is 2.36. The van der Waals surface area contributed by atoms with Gasteiger partial charge in [0, 0.05) is 11.1 Å². The number of benzene rings is 3. The van der Waals surface area contributed by atoms with Gasteiger partial charge in [0.15, 0.2) is 0 Å². The fourth-order valence-corrected chi connectivity index (χ4v) is 5.69. The van der Waals surface area contributed by atoms with Crippen molar-refractivity contribution in [3.05, 3.63) is 77.4 Å². The molecule has 1 amide bonds. The van der Waals surface area contributed by atoms with Crippen LogP contribution in [0.3, 0.4) is 0 Å². The maximum absolute atomic E-state index is 13.4. The molecule has 0 spiro atoms. The molecule has 0 radical (unpaired) electrons. The number of hydrogen-bond acceptors (Lipinski definition) is 4. The Morgan fingerprint density at radius 2 is 1.69 bits per heavy atom. The molecule has 0 unspecified atom stereocenters. The zero-order valence-electron chi connectivity index (χ0n) is 18.4. The van der Waals surface area contributed by atoms with E-state index in [1.165, 1.54) is 4.31 Å². The molecule has 0 atom stereocenters. The standard InChI is InChI=1S/C25H26N2O4S/c1-17-14-19(3)25-20-9-5-7-11-23(20)32(29,30)27(21(25)15-17)16-24(28)26-12-13-31-22-10-6-4-8-18(22)2/h4-11,14-15H,12-13,16H2,1-3H3,(H,26,28). The van der Waals surface area contributed by atoms with Gasteiger partial charge in [-0.05, 0) is 55.7 Å². The second kappa shape index (κ2) is 8.67. The lowest BCUT2D eigenvalue weighted by molar-refractivity contribution is -0.119. The molecule has 0 saturated carbocycles. The molecule has 166 valence electrons. The molecule has 1 aliphatic rings. The van der Waals surface area contributed by atoms with Gasteiger partial charge in [-0.25, -0.2) is 8.42 Å². The zero-order valence-corrected chi connectivity index (χ0v) is 19.2. The summed E-state index contributed by atoms with van der Waals surface area (Å²) in [5.41, 5.74) is 4.97. The van der Waals surface area contributed by atoms with E-state index in [1.807, 2.05) is 69.3 Å². The van der Waals surface area contributed by atoms with Crippen LogP contribution in [0.1, 0.15) is 16.7 Å². The fraction of sp³-hybridized carbons (Fsp3) is 0.240. The van der Waals surface area contributed by atoms with E-state index in [4.69, 9.17) is 4.74 Å². The first kappa shape index (κ1) is 21.9. The largest absolute Gasteiger partial charge is 0.491 e. The lowest BCUT2D eigenvalue weighted by Crippen LogP contribution is -2.43. The predicted octanol–water partition coefficient (Wildman–Crippen LogP) is 3.98. The molecule has 4 rings (SSSR count). The molecule has 6 nitrogen and oxygen atoms in total. The van der Waals surface area contributed by atoms with Gasteiger partial charge in [0.25, 0.3) is 10.0 Å². The number of rotatable bonds is 6. The predicted molar refractivity (Wildman–Crippen MR) is 126 cm³/mol. The number of amides is 1. The van der Waals surface area contributed by atoms with E-state index in [1.54, 1.807) is 12.1 Å². The van der Waals surface area contributed by atoms with Gasteiger partial charge in [-0.3, -0.25) is 9.10 Å². The summed E-state index contributed by atoms with van der Waals surface area (Å²) in [4.78, 5) is 12.9. The Balaban J connectivity index is 1.53. The molecule has 1 aliphatic heterocycles. The maximum atomic E-state index is 13.4. The number of ether oxygens (including phenoxy) is 1. The molecule has 1 heterocycles. The van der Waals surface area contributed by atoms with Crippen LogP contribution in [0.5, 0.6) is 5.75 Å². The van der Waals surface area contributed by atoms with Gasteiger partial charge in [0.1, 0.15) is 18.9 Å². The topological polar surface area (TPSA) is 75.7 Å². The van der Waals surface area contributed by atoms with Crippen molar-refractivity contribution in [1.29, 1.82) is 0 Å². The molecule has 1 N–H and O–H groups in total. The lowest BCUT2D eigenvalue weighted by atomic mass is 9.96. The Kier molecular flexibility index (Phi) is 5.93. The first-order valence-electron chi connectivity index (χ1n) is 10.5. The lowest BCUT2D eigenvalue weighted by Gasteiger charge is -2.33. The minimum absolute atomic E-state index is 0.218. The van der Waals surface area contributed by atoms with Crippen molar-refractivity contribution in [2.45, 2.75) is 25.7 Å². The van der Waals surface area contributed by atoms with Crippen LogP contribution in [0.4, 0.5) is 5.69 Å². The number of anilines is 1. The van der Waals surface area contributed by atoms with E-state index in [0.29, 0.717) is 17.9 Å².